The summed E-state index contributed by atoms with van der Waals surface area (Å²) in [6.45, 7) is 0. The lowest BCUT2D eigenvalue weighted by Gasteiger charge is -2.09. The highest BCUT2D eigenvalue weighted by Crippen LogP contribution is 2.30. The second kappa shape index (κ2) is 5.52. The van der Waals surface area contributed by atoms with Gasteiger partial charge in [-0.1, -0.05) is 6.07 Å². The number of alkyl halides is 3. The number of primary amides is 1. The van der Waals surface area contributed by atoms with Crippen LogP contribution in [-0.4, -0.2) is 11.8 Å². The van der Waals surface area contributed by atoms with E-state index in [1.165, 1.54) is 12.1 Å². The van der Waals surface area contributed by atoms with Crippen molar-refractivity contribution in [2.75, 3.05) is 5.32 Å². The van der Waals surface area contributed by atoms with Crippen LogP contribution in [0.15, 0.2) is 24.3 Å². The molecule has 0 unspecified atom stereocenters. The molecule has 1 aromatic carbocycles. The zero-order chi connectivity index (χ0) is 13.8. The Hall–Kier alpha value is -2.05. The van der Waals surface area contributed by atoms with Crippen molar-refractivity contribution >= 4 is 17.5 Å². The summed E-state index contributed by atoms with van der Waals surface area (Å²) in [7, 11) is 0. The molecule has 4 nitrogen and oxygen atoms in total. The molecule has 1 rings (SSSR count). The van der Waals surface area contributed by atoms with Gasteiger partial charge in [-0.3, -0.25) is 9.59 Å². The van der Waals surface area contributed by atoms with E-state index < -0.39 is 23.6 Å². The Bertz CT molecular complexity index is 458. The van der Waals surface area contributed by atoms with E-state index in [-0.39, 0.29) is 18.5 Å². The molecule has 0 aliphatic heterocycles. The predicted octanol–water partition coefficient (Wildman–Crippen LogP) is 1.91. The summed E-state index contributed by atoms with van der Waals surface area (Å²) in [6.07, 6.45) is -4.77. The highest BCUT2D eigenvalue weighted by Gasteiger charge is 2.30. The molecule has 0 aliphatic carbocycles. The second-order valence-corrected chi connectivity index (χ2v) is 3.59. The zero-order valence-corrected chi connectivity index (χ0v) is 9.25. The number of hydrogen-bond acceptors (Lipinski definition) is 2. The van der Waals surface area contributed by atoms with Crippen LogP contribution >= 0.6 is 0 Å². The van der Waals surface area contributed by atoms with Crippen molar-refractivity contribution in [3.63, 3.8) is 0 Å². The van der Waals surface area contributed by atoms with E-state index in [9.17, 15) is 22.8 Å². The Balaban J connectivity index is 2.68. The molecule has 7 heteroatoms. The van der Waals surface area contributed by atoms with E-state index in [1.807, 2.05) is 0 Å². The molecule has 0 saturated heterocycles. The van der Waals surface area contributed by atoms with Crippen LogP contribution in [0.25, 0.3) is 0 Å². The minimum absolute atomic E-state index is 0.0271. The van der Waals surface area contributed by atoms with Crippen molar-refractivity contribution in [1.82, 2.24) is 0 Å². The number of benzene rings is 1. The quantitative estimate of drug-likeness (QED) is 0.867. The van der Waals surface area contributed by atoms with Gasteiger partial charge in [0, 0.05) is 18.5 Å². The van der Waals surface area contributed by atoms with E-state index in [0.717, 1.165) is 12.1 Å². The number of hydrogen-bond donors (Lipinski definition) is 2. The van der Waals surface area contributed by atoms with Crippen molar-refractivity contribution in [2.45, 2.75) is 19.0 Å². The standard InChI is InChI=1S/C11H11F3N2O2/c12-11(13,14)7-2-1-3-8(6-7)16-10(18)5-4-9(15)17/h1-3,6H,4-5H2,(H2,15,17)(H,16,18). The first kappa shape index (κ1) is 14.0. The molecule has 18 heavy (non-hydrogen) atoms. The molecular weight excluding hydrogens is 249 g/mol. The lowest BCUT2D eigenvalue weighted by Crippen LogP contribution is -2.17. The van der Waals surface area contributed by atoms with Crippen LogP contribution in [0.3, 0.4) is 0 Å². The Morgan fingerprint density at radius 3 is 2.44 bits per heavy atom. The molecule has 2 amide bonds. The Labute approximate surface area is 101 Å². The molecule has 0 aromatic heterocycles. The Morgan fingerprint density at radius 2 is 1.89 bits per heavy atom. The van der Waals surface area contributed by atoms with E-state index in [4.69, 9.17) is 5.73 Å². The average molecular weight is 260 g/mol. The van der Waals surface area contributed by atoms with Crippen molar-refractivity contribution in [2.24, 2.45) is 5.73 Å². The number of anilines is 1. The SMILES string of the molecule is NC(=O)CCC(=O)Nc1cccc(C(F)(F)F)c1. The maximum atomic E-state index is 12.4. The molecular formula is C11H11F3N2O2. The molecule has 3 N–H and O–H groups in total. The molecule has 0 saturated carbocycles. The summed E-state index contributed by atoms with van der Waals surface area (Å²) in [5, 5.41) is 2.26. The monoisotopic (exact) mass is 260 g/mol. The van der Waals surface area contributed by atoms with Gasteiger partial charge in [0.05, 0.1) is 5.56 Å². The molecule has 0 atom stereocenters. The lowest BCUT2D eigenvalue weighted by molar-refractivity contribution is -0.137. The average Bonchev–Trinajstić information content (AvgIpc) is 2.25. The van der Waals surface area contributed by atoms with Gasteiger partial charge in [0.2, 0.25) is 11.8 Å². The van der Waals surface area contributed by atoms with E-state index in [1.54, 1.807) is 0 Å². The van der Waals surface area contributed by atoms with Crippen LogP contribution in [0.5, 0.6) is 0 Å². The maximum Gasteiger partial charge on any atom is 0.416 e. The van der Waals surface area contributed by atoms with Crippen molar-refractivity contribution in [3.05, 3.63) is 29.8 Å². The van der Waals surface area contributed by atoms with Gasteiger partial charge in [-0.25, -0.2) is 0 Å². The Morgan fingerprint density at radius 1 is 1.22 bits per heavy atom. The molecule has 1 aromatic rings. The van der Waals surface area contributed by atoms with Crippen LogP contribution in [-0.2, 0) is 15.8 Å². The third-order valence-electron chi connectivity index (χ3n) is 2.07. The van der Waals surface area contributed by atoms with Crippen LogP contribution in [0, 0.1) is 0 Å². The van der Waals surface area contributed by atoms with E-state index >= 15 is 0 Å². The van der Waals surface area contributed by atoms with Gasteiger partial charge >= 0.3 is 6.18 Å². The van der Waals surface area contributed by atoms with Gasteiger partial charge < -0.3 is 11.1 Å². The summed E-state index contributed by atoms with van der Waals surface area (Å²) in [5.74, 6) is -1.21. The molecule has 98 valence electrons. The zero-order valence-electron chi connectivity index (χ0n) is 9.25. The summed E-state index contributed by atoms with van der Waals surface area (Å²) < 4.78 is 37.2. The topological polar surface area (TPSA) is 72.2 Å². The summed E-state index contributed by atoms with van der Waals surface area (Å²) >= 11 is 0. The van der Waals surface area contributed by atoms with Crippen LogP contribution in [0.2, 0.25) is 0 Å². The van der Waals surface area contributed by atoms with Crippen LogP contribution < -0.4 is 11.1 Å². The highest BCUT2D eigenvalue weighted by molar-refractivity contribution is 5.93. The van der Waals surface area contributed by atoms with Gasteiger partial charge in [-0.2, -0.15) is 13.2 Å². The van der Waals surface area contributed by atoms with E-state index in [2.05, 4.69) is 5.32 Å². The fourth-order valence-corrected chi connectivity index (χ4v) is 1.23. The summed E-state index contributed by atoms with van der Waals surface area (Å²) in [4.78, 5) is 21.7. The number of carbonyl (C=O) groups excluding carboxylic acids is 2. The fraction of sp³-hybridized carbons (Fsp3) is 0.273. The summed E-state index contributed by atoms with van der Waals surface area (Å²) in [5.41, 5.74) is 4.02. The minimum atomic E-state index is -4.46. The third-order valence-corrected chi connectivity index (χ3v) is 2.07. The molecule has 0 spiro atoms. The number of rotatable bonds is 4. The van der Waals surface area contributed by atoms with Gasteiger partial charge in [0.1, 0.15) is 0 Å². The first-order chi connectivity index (χ1) is 8.29. The van der Waals surface area contributed by atoms with Crippen molar-refractivity contribution in [1.29, 1.82) is 0 Å². The number of amides is 2. The minimum Gasteiger partial charge on any atom is -0.370 e. The number of carbonyl (C=O) groups is 2. The van der Waals surface area contributed by atoms with Crippen molar-refractivity contribution in [3.8, 4) is 0 Å². The fourth-order valence-electron chi connectivity index (χ4n) is 1.23. The predicted molar refractivity (Wildman–Crippen MR) is 58.5 cm³/mol. The first-order valence-corrected chi connectivity index (χ1v) is 5.04. The van der Waals surface area contributed by atoms with Crippen LogP contribution in [0.4, 0.5) is 18.9 Å². The number of nitrogens with one attached hydrogen (secondary N) is 1. The first-order valence-electron chi connectivity index (χ1n) is 5.04. The number of halogens is 3. The largest absolute Gasteiger partial charge is 0.416 e. The smallest absolute Gasteiger partial charge is 0.370 e. The number of nitrogens with two attached hydrogens (primary N) is 1. The highest BCUT2D eigenvalue weighted by atomic mass is 19.4. The maximum absolute atomic E-state index is 12.4. The van der Waals surface area contributed by atoms with Crippen molar-refractivity contribution < 1.29 is 22.8 Å². The van der Waals surface area contributed by atoms with Crippen LogP contribution in [0.1, 0.15) is 18.4 Å². The molecule has 0 bridgehead atoms. The van der Waals surface area contributed by atoms with E-state index in [0.29, 0.717) is 0 Å². The second-order valence-electron chi connectivity index (χ2n) is 3.59. The third kappa shape index (κ3) is 4.44. The molecule has 0 aliphatic rings. The van der Waals surface area contributed by atoms with Gasteiger partial charge in [-0.15, -0.1) is 0 Å². The van der Waals surface area contributed by atoms with Gasteiger partial charge in [-0.05, 0) is 18.2 Å². The summed E-state index contributed by atoms with van der Waals surface area (Å²) in [6, 6.07) is 4.24. The Kier molecular flexibility index (Phi) is 4.30. The normalized spacial score (nSPS) is 11.1. The van der Waals surface area contributed by atoms with Gasteiger partial charge in [0.15, 0.2) is 0 Å². The molecule has 0 radical (unpaired) electrons. The van der Waals surface area contributed by atoms with Gasteiger partial charge in [0.25, 0.3) is 0 Å². The molecule has 0 fully saturated rings. The lowest BCUT2D eigenvalue weighted by atomic mass is 10.2. The molecule has 0 heterocycles.